The van der Waals surface area contributed by atoms with E-state index in [9.17, 15) is 24.3 Å². The second-order valence-corrected chi connectivity index (χ2v) is 15.6. The maximum Gasteiger partial charge on any atom is 0.308 e. The molecular formula is C34H50O8. The van der Waals surface area contributed by atoms with Crippen LogP contribution in [0.3, 0.4) is 0 Å². The molecule has 5 rings (SSSR count). The van der Waals surface area contributed by atoms with Gasteiger partial charge in [0.05, 0.1) is 19.1 Å². The average molecular weight is 587 g/mol. The molecule has 0 radical (unpaired) electrons. The summed E-state index contributed by atoms with van der Waals surface area (Å²) in [6.07, 6.45) is 4.02. The highest BCUT2D eigenvalue weighted by Gasteiger charge is 2.74. The van der Waals surface area contributed by atoms with Crippen LogP contribution in [0.1, 0.15) is 94.4 Å². The van der Waals surface area contributed by atoms with E-state index in [1.807, 2.05) is 6.92 Å². The summed E-state index contributed by atoms with van der Waals surface area (Å²) in [6, 6.07) is 0. The van der Waals surface area contributed by atoms with Crippen molar-refractivity contribution in [3.8, 4) is 0 Å². The normalized spacial score (nSPS) is 46.9. The summed E-state index contributed by atoms with van der Waals surface area (Å²) < 4.78 is 18.1. The van der Waals surface area contributed by atoms with Crippen LogP contribution in [-0.2, 0) is 33.4 Å². The molecule has 234 valence electrons. The van der Waals surface area contributed by atoms with Crippen molar-refractivity contribution in [1.82, 2.24) is 0 Å². The summed E-state index contributed by atoms with van der Waals surface area (Å²) in [5.74, 6) is -2.23. The van der Waals surface area contributed by atoms with E-state index in [1.54, 1.807) is 6.08 Å². The van der Waals surface area contributed by atoms with Gasteiger partial charge in [-0.15, -0.1) is 0 Å². The zero-order valence-electron chi connectivity index (χ0n) is 26.9. The Morgan fingerprint density at radius 1 is 0.976 bits per heavy atom. The van der Waals surface area contributed by atoms with Crippen LogP contribution in [0.15, 0.2) is 11.6 Å². The molecule has 0 aromatic heterocycles. The van der Waals surface area contributed by atoms with Crippen molar-refractivity contribution < 1.29 is 38.5 Å². The number of fused-ring (bicyclic) bond motifs is 3. The molecular weight excluding hydrogens is 536 g/mol. The molecule has 8 heteroatoms. The Morgan fingerprint density at radius 2 is 1.62 bits per heavy atom. The van der Waals surface area contributed by atoms with Gasteiger partial charge in [-0.3, -0.25) is 19.2 Å². The molecule has 0 amide bonds. The second kappa shape index (κ2) is 9.90. The number of hydrogen-bond donors (Lipinski definition) is 1. The third-order valence-corrected chi connectivity index (χ3v) is 13.6. The van der Waals surface area contributed by atoms with E-state index in [4.69, 9.17) is 14.2 Å². The monoisotopic (exact) mass is 586 g/mol. The molecule has 1 N–H and O–H groups in total. The lowest BCUT2D eigenvalue weighted by atomic mass is 9.34. The number of ether oxygens (including phenoxy) is 3. The second-order valence-electron chi connectivity index (χ2n) is 15.6. The summed E-state index contributed by atoms with van der Waals surface area (Å²) in [6.45, 7) is 18.1. The van der Waals surface area contributed by atoms with E-state index in [-0.39, 0.29) is 29.5 Å². The minimum absolute atomic E-state index is 0.00795. The third kappa shape index (κ3) is 3.95. The fourth-order valence-corrected chi connectivity index (χ4v) is 11.1. The zero-order chi connectivity index (χ0) is 31.2. The first kappa shape index (κ1) is 31.2. The molecule has 1 saturated heterocycles. The number of ketones is 1. The van der Waals surface area contributed by atoms with Crippen LogP contribution >= 0.6 is 0 Å². The minimum Gasteiger partial charge on any atom is -0.481 e. The Kier molecular flexibility index (Phi) is 7.36. The van der Waals surface area contributed by atoms with Gasteiger partial charge in [0, 0.05) is 30.1 Å². The molecule has 5 aliphatic rings. The SMILES string of the molecule is CC(=O)O[C@@H]1C[C@]23COC[C@@](C)([C@@H]2CC[C@H]2C3=CC(=O)[C@@]3(C)[C@H](C(=O)O)[C@@](C)([C@H](C)C(C)C)CC[C@]23C)[C@H]1OC(C)=O. The molecule has 1 aliphatic heterocycles. The largest absolute Gasteiger partial charge is 0.481 e. The summed E-state index contributed by atoms with van der Waals surface area (Å²) >= 11 is 0. The highest BCUT2D eigenvalue weighted by atomic mass is 16.6. The molecule has 4 fully saturated rings. The van der Waals surface area contributed by atoms with Gasteiger partial charge in [-0.25, -0.2) is 0 Å². The lowest BCUT2D eigenvalue weighted by Crippen LogP contribution is -2.71. The van der Waals surface area contributed by atoms with Crippen LogP contribution < -0.4 is 0 Å². The van der Waals surface area contributed by atoms with E-state index in [1.165, 1.54) is 13.8 Å². The number of rotatable bonds is 5. The third-order valence-electron chi connectivity index (χ3n) is 13.6. The van der Waals surface area contributed by atoms with E-state index in [0.29, 0.717) is 19.6 Å². The maximum absolute atomic E-state index is 14.7. The fraction of sp³-hybridized carbons (Fsp3) is 0.824. The topological polar surface area (TPSA) is 116 Å². The number of esters is 2. The van der Waals surface area contributed by atoms with Gasteiger partial charge in [-0.1, -0.05) is 54.0 Å². The van der Waals surface area contributed by atoms with Crippen LogP contribution in [0.4, 0.5) is 0 Å². The van der Waals surface area contributed by atoms with Crippen molar-refractivity contribution in [3.63, 3.8) is 0 Å². The smallest absolute Gasteiger partial charge is 0.308 e. The summed E-state index contributed by atoms with van der Waals surface area (Å²) in [4.78, 5) is 52.4. The molecule has 4 aliphatic carbocycles. The van der Waals surface area contributed by atoms with Crippen molar-refractivity contribution in [3.05, 3.63) is 11.6 Å². The van der Waals surface area contributed by atoms with E-state index < -0.39 is 63.1 Å². The Labute approximate surface area is 250 Å². The number of hydrogen-bond acceptors (Lipinski definition) is 7. The number of carbonyl (C=O) groups is 4. The maximum atomic E-state index is 14.7. The molecule has 3 saturated carbocycles. The Balaban J connectivity index is 1.66. The first-order chi connectivity index (χ1) is 19.4. The number of carboxylic acids is 1. The minimum atomic E-state index is -1.07. The lowest BCUT2D eigenvalue weighted by Gasteiger charge is -2.70. The van der Waals surface area contributed by atoms with Gasteiger partial charge in [0.15, 0.2) is 5.78 Å². The molecule has 1 heterocycles. The highest BCUT2D eigenvalue weighted by molar-refractivity contribution is 6.00. The van der Waals surface area contributed by atoms with Crippen LogP contribution in [0.2, 0.25) is 0 Å². The molecule has 0 spiro atoms. The summed E-state index contributed by atoms with van der Waals surface area (Å²) in [5.41, 5.74) is -2.32. The predicted octanol–water partition coefficient (Wildman–Crippen LogP) is 5.62. The molecule has 42 heavy (non-hydrogen) atoms. The van der Waals surface area contributed by atoms with E-state index in [2.05, 4.69) is 41.5 Å². The number of carbonyl (C=O) groups excluding carboxylic acids is 3. The Hall–Kier alpha value is -2.22. The average Bonchev–Trinajstić information content (AvgIpc) is 2.87. The zero-order valence-corrected chi connectivity index (χ0v) is 26.9. The quantitative estimate of drug-likeness (QED) is 0.413. The summed E-state index contributed by atoms with van der Waals surface area (Å²) in [5, 5.41) is 10.8. The van der Waals surface area contributed by atoms with Crippen molar-refractivity contribution in [1.29, 1.82) is 0 Å². The van der Waals surface area contributed by atoms with Crippen LogP contribution in [0, 0.1) is 56.7 Å². The van der Waals surface area contributed by atoms with Crippen LogP contribution in [-0.4, -0.2) is 54.2 Å². The van der Waals surface area contributed by atoms with Gasteiger partial charge in [0.1, 0.15) is 12.2 Å². The standard InChI is InChI=1S/C34H50O8/c1-18(2)19(3)30(6)12-13-32(8)22-10-11-25-31(7)16-40-17-34(25,15-24(41-20(4)35)28(31)42-21(5)36)23(22)14-26(37)33(32,9)27(30)29(38)39/h14,18-19,22,24-25,27-28H,10-13,15-17H2,1-9H3,(H,38,39)/t19-,22+,24-,25+,27-,28+,30-,31+,32-,33+,34-/m1/s1. The number of allylic oxidation sites excluding steroid dienone is 1. The number of aliphatic carboxylic acids is 1. The van der Waals surface area contributed by atoms with Gasteiger partial charge in [-0.05, 0) is 72.7 Å². The van der Waals surface area contributed by atoms with Gasteiger partial charge in [-0.2, -0.15) is 0 Å². The van der Waals surface area contributed by atoms with E-state index >= 15 is 0 Å². The molecule has 0 unspecified atom stereocenters. The Bertz CT molecular complexity index is 1220. The van der Waals surface area contributed by atoms with Gasteiger partial charge >= 0.3 is 17.9 Å². The Morgan fingerprint density at radius 3 is 2.19 bits per heavy atom. The highest BCUT2D eigenvalue weighted by Crippen LogP contribution is 2.74. The van der Waals surface area contributed by atoms with Crippen LogP contribution in [0.5, 0.6) is 0 Å². The fourth-order valence-electron chi connectivity index (χ4n) is 11.1. The molecule has 0 aromatic carbocycles. The number of carboxylic acid groups (broad SMARTS) is 1. The summed E-state index contributed by atoms with van der Waals surface area (Å²) in [7, 11) is 0. The van der Waals surface area contributed by atoms with Crippen molar-refractivity contribution in [2.45, 2.75) is 107 Å². The lowest BCUT2D eigenvalue weighted by molar-refractivity contribution is -0.261. The molecule has 11 atom stereocenters. The van der Waals surface area contributed by atoms with Gasteiger partial charge < -0.3 is 19.3 Å². The molecule has 0 aromatic rings. The van der Waals surface area contributed by atoms with E-state index in [0.717, 1.165) is 31.3 Å². The van der Waals surface area contributed by atoms with Crippen LogP contribution in [0.25, 0.3) is 0 Å². The van der Waals surface area contributed by atoms with Crippen molar-refractivity contribution in [2.24, 2.45) is 56.7 Å². The molecule has 8 nitrogen and oxygen atoms in total. The predicted molar refractivity (Wildman–Crippen MR) is 155 cm³/mol. The first-order valence-corrected chi connectivity index (χ1v) is 15.8. The van der Waals surface area contributed by atoms with Crippen molar-refractivity contribution >= 4 is 23.7 Å². The van der Waals surface area contributed by atoms with Gasteiger partial charge in [0.25, 0.3) is 0 Å². The van der Waals surface area contributed by atoms with Gasteiger partial charge in [0.2, 0.25) is 0 Å². The first-order valence-electron chi connectivity index (χ1n) is 15.8. The van der Waals surface area contributed by atoms with Crippen molar-refractivity contribution in [2.75, 3.05) is 13.2 Å². The molecule has 2 bridgehead atoms.